The minimum absolute atomic E-state index is 0.176. The summed E-state index contributed by atoms with van der Waals surface area (Å²) >= 11 is 3.40. The van der Waals surface area contributed by atoms with E-state index in [2.05, 4.69) is 26.1 Å². The van der Waals surface area contributed by atoms with Crippen LogP contribution in [0, 0.1) is 6.92 Å². The molecule has 1 aromatic heterocycles. The van der Waals surface area contributed by atoms with Gasteiger partial charge in [-0.05, 0) is 31.0 Å². The number of nitrogens with zero attached hydrogens (tertiary/aromatic N) is 4. The fourth-order valence-corrected chi connectivity index (χ4v) is 3.32. The summed E-state index contributed by atoms with van der Waals surface area (Å²) in [5.41, 5.74) is 1.03. The number of carbonyl (C=O) groups is 2. The van der Waals surface area contributed by atoms with Gasteiger partial charge in [0.2, 0.25) is 5.91 Å². The van der Waals surface area contributed by atoms with Crippen LogP contribution in [-0.4, -0.2) is 42.7 Å². The lowest BCUT2D eigenvalue weighted by atomic mass is 10.1. The molecular formula is C16H17BrN4O3. The van der Waals surface area contributed by atoms with E-state index in [-0.39, 0.29) is 25.4 Å². The largest absolute Gasteiger partial charge is 0.480 e. The highest BCUT2D eigenvalue weighted by atomic mass is 79.9. The summed E-state index contributed by atoms with van der Waals surface area (Å²) in [7, 11) is 0. The molecule has 1 atom stereocenters. The van der Waals surface area contributed by atoms with E-state index in [4.69, 9.17) is 0 Å². The third-order valence-electron chi connectivity index (χ3n) is 4.18. The van der Waals surface area contributed by atoms with Crippen molar-refractivity contribution in [3.8, 4) is 0 Å². The van der Waals surface area contributed by atoms with Crippen LogP contribution in [0.25, 0.3) is 0 Å². The molecule has 1 N–H and O–H groups in total. The summed E-state index contributed by atoms with van der Waals surface area (Å²) < 4.78 is 2.72. The van der Waals surface area contributed by atoms with Crippen LogP contribution in [0.4, 0.5) is 0 Å². The zero-order chi connectivity index (χ0) is 17.3. The molecule has 8 heteroatoms. The molecule has 1 unspecified atom stereocenters. The zero-order valence-electron chi connectivity index (χ0n) is 13.1. The number of aryl methyl sites for hydroxylation is 2. The molecule has 0 radical (unpaired) electrons. The van der Waals surface area contributed by atoms with E-state index in [1.54, 1.807) is 11.5 Å². The quantitative estimate of drug-likeness (QED) is 0.856. The monoisotopic (exact) mass is 392 g/mol. The number of benzene rings is 1. The molecule has 24 heavy (non-hydrogen) atoms. The average molecular weight is 393 g/mol. The average Bonchev–Trinajstić information content (AvgIpc) is 2.92. The van der Waals surface area contributed by atoms with E-state index in [9.17, 15) is 14.7 Å². The number of aliphatic carboxylic acids is 1. The van der Waals surface area contributed by atoms with Crippen LogP contribution in [-0.2, 0) is 29.1 Å². The third kappa shape index (κ3) is 3.33. The molecule has 1 aromatic carbocycles. The lowest BCUT2D eigenvalue weighted by molar-refractivity contribution is -0.152. The maximum atomic E-state index is 12.6. The summed E-state index contributed by atoms with van der Waals surface area (Å²) in [6.07, 6.45) is 0.820. The Bertz CT molecular complexity index is 789. The highest BCUT2D eigenvalue weighted by Crippen LogP contribution is 2.20. The fraction of sp³-hybridized carbons (Fsp3) is 0.375. The van der Waals surface area contributed by atoms with Crippen molar-refractivity contribution in [1.82, 2.24) is 19.7 Å². The van der Waals surface area contributed by atoms with Crippen molar-refractivity contribution in [2.24, 2.45) is 0 Å². The summed E-state index contributed by atoms with van der Waals surface area (Å²) in [6, 6.07) is 6.85. The molecule has 0 saturated carbocycles. The van der Waals surface area contributed by atoms with Gasteiger partial charge in [0.25, 0.3) is 0 Å². The number of hydrogen-bond acceptors (Lipinski definition) is 4. The van der Waals surface area contributed by atoms with E-state index in [1.165, 1.54) is 4.90 Å². The van der Waals surface area contributed by atoms with Gasteiger partial charge >= 0.3 is 5.97 Å². The van der Waals surface area contributed by atoms with E-state index < -0.39 is 12.0 Å². The molecule has 0 fully saturated rings. The van der Waals surface area contributed by atoms with E-state index in [0.717, 1.165) is 10.0 Å². The Morgan fingerprint density at radius 1 is 1.38 bits per heavy atom. The number of hydrogen-bond donors (Lipinski definition) is 1. The smallest absolute Gasteiger partial charge is 0.328 e. The van der Waals surface area contributed by atoms with Crippen molar-refractivity contribution >= 4 is 27.8 Å². The standard InChI is InChI=1S/C16H17BrN4O3/c1-10-18-19-14-9-21(13(16(23)24)8-20(10)14)15(22)6-5-11-3-2-4-12(17)7-11/h2-4,7,13H,5-6,8-9H2,1H3,(H,23,24). The summed E-state index contributed by atoms with van der Waals surface area (Å²) in [4.78, 5) is 25.6. The Hall–Kier alpha value is -2.22. The van der Waals surface area contributed by atoms with Gasteiger partial charge in [0.15, 0.2) is 5.82 Å². The minimum atomic E-state index is -1.01. The van der Waals surface area contributed by atoms with Crippen LogP contribution >= 0.6 is 15.9 Å². The van der Waals surface area contributed by atoms with Crippen LogP contribution in [0.15, 0.2) is 28.7 Å². The molecule has 0 saturated heterocycles. The van der Waals surface area contributed by atoms with Crippen molar-refractivity contribution in [2.45, 2.75) is 38.9 Å². The minimum Gasteiger partial charge on any atom is -0.480 e. The van der Waals surface area contributed by atoms with Gasteiger partial charge in [-0.3, -0.25) is 4.79 Å². The maximum Gasteiger partial charge on any atom is 0.328 e. The first-order chi connectivity index (χ1) is 11.5. The number of carbonyl (C=O) groups excluding carboxylic acids is 1. The van der Waals surface area contributed by atoms with Gasteiger partial charge in [0.1, 0.15) is 11.9 Å². The lowest BCUT2D eigenvalue weighted by Gasteiger charge is -2.33. The molecule has 2 heterocycles. The van der Waals surface area contributed by atoms with Crippen molar-refractivity contribution in [2.75, 3.05) is 0 Å². The first-order valence-corrected chi connectivity index (χ1v) is 8.40. The zero-order valence-corrected chi connectivity index (χ0v) is 14.7. The van der Waals surface area contributed by atoms with Crippen LogP contribution in [0.3, 0.4) is 0 Å². The predicted molar refractivity (Wildman–Crippen MR) is 89.2 cm³/mol. The topological polar surface area (TPSA) is 88.3 Å². The second kappa shape index (κ2) is 6.72. The summed E-state index contributed by atoms with van der Waals surface area (Å²) in [6.45, 7) is 2.14. The normalized spacial score (nSPS) is 16.8. The highest BCUT2D eigenvalue weighted by Gasteiger charge is 2.35. The molecule has 3 rings (SSSR count). The van der Waals surface area contributed by atoms with Gasteiger partial charge in [-0.1, -0.05) is 28.1 Å². The molecule has 0 spiro atoms. The first-order valence-electron chi connectivity index (χ1n) is 7.61. The number of carboxylic acid groups (broad SMARTS) is 1. The first kappa shape index (κ1) is 16.6. The second-order valence-electron chi connectivity index (χ2n) is 5.78. The van der Waals surface area contributed by atoms with Crippen LogP contribution in [0.1, 0.15) is 23.6 Å². The third-order valence-corrected chi connectivity index (χ3v) is 4.67. The van der Waals surface area contributed by atoms with E-state index in [0.29, 0.717) is 18.1 Å². The Balaban J connectivity index is 1.74. The second-order valence-corrected chi connectivity index (χ2v) is 6.70. The molecule has 1 amide bonds. The van der Waals surface area contributed by atoms with Gasteiger partial charge in [-0.25, -0.2) is 4.79 Å². The van der Waals surface area contributed by atoms with Gasteiger partial charge in [-0.15, -0.1) is 10.2 Å². The maximum absolute atomic E-state index is 12.6. The van der Waals surface area contributed by atoms with Crippen molar-refractivity contribution in [3.63, 3.8) is 0 Å². The predicted octanol–water partition coefficient (Wildman–Crippen LogP) is 1.78. The number of carboxylic acids is 1. The molecule has 0 bridgehead atoms. The van der Waals surface area contributed by atoms with Crippen molar-refractivity contribution in [3.05, 3.63) is 46.0 Å². The van der Waals surface area contributed by atoms with Gasteiger partial charge in [-0.2, -0.15) is 0 Å². The molecular weight excluding hydrogens is 376 g/mol. The Morgan fingerprint density at radius 3 is 2.88 bits per heavy atom. The van der Waals surface area contributed by atoms with E-state index >= 15 is 0 Å². The van der Waals surface area contributed by atoms with Gasteiger partial charge < -0.3 is 14.6 Å². The number of fused-ring (bicyclic) bond motifs is 1. The number of aromatic nitrogens is 3. The van der Waals surface area contributed by atoms with Gasteiger partial charge in [0, 0.05) is 10.9 Å². The summed E-state index contributed by atoms with van der Waals surface area (Å²) in [5.74, 6) is 0.0946. The fourth-order valence-electron chi connectivity index (χ4n) is 2.87. The molecule has 126 valence electrons. The number of amides is 1. The number of rotatable bonds is 4. The van der Waals surface area contributed by atoms with Crippen LogP contribution in [0.5, 0.6) is 0 Å². The Morgan fingerprint density at radius 2 is 2.17 bits per heavy atom. The lowest BCUT2D eigenvalue weighted by Crippen LogP contribution is -2.50. The molecule has 0 aliphatic carbocycles. The van der Waals surface area contributed by atoms with Crippen LogP contribution in [0.2, 0.25) is 0 Å². The van der Waals surface area contributed by atoms with Crippen molar-refractivity contribution in [1.29, 1.82) is 0 Å². The Kier molecular flexibility index (Phi) is 4.66. The molecule has 1 aliphatic rings. The van der Waals surface area contributed by atoms with Gasteiger partial charge in [0.05, 0.1) is 13.1 Å². The van der Waals surface area contributed by atoms with Crippen LogP contribution < -0.4 is 0 Å². The van der Waals surface area contributed by atoms with E-state index in [1.807, 2.05) is 24.3 Å². The number of halogens is 1. The summed E-state index contributed by atoms with van der Waals surface area (Å²) in [5, 5.41) is 17.5. The highest BCUT2D eigenvalue weighted by molar-refractivity contribution is 9.10. The molecule has 7 nitrogen and oxygen atoms in total. The SMILES string of the molecule is Cc1nnc2n1CC(C(=O)O)N(C(=O)CCc1cccc(Br)c1)C2. The van der Waals surface area contributed by atoms with Crippen molar-refractivity contribution < 1.29 is 14.7 Å². The Labute approximate surface area is 147 Å². The molecule has 2 aromatic rings. The molecule has 1 aliphatic heterocycles.